The Morgan fingerprint density at radius 1 is 0.964 bits per heavy atom. The second-order valence-electron chi connectivity index (χ2n) is 7.28. The number of amides is 2. The van der Waals surface area contributed by atoms with Gasteiger partial charge in [0.15, 0.2) is 0 Å². The molecule has 2 heterocycles. The monoisotopic (exact) mass is 382 g/mol. The van der Waals surface area contributed by atoms with Crippen molar-refractivity contribution in [3.8, 4) is 0 Å². The van der Waals surface area contributed by atoms with Gasteiger partial charge in [0.25, 0.3) is 11.5 Å². The SMILES string of the molecule is Cc1ccc(C(=O)Nc2ccc(C)n(CC(=O)N3CCN(C)CC3)c2=O)cc1. The van der Waals surface area contributed by atoms with E-state index in [1.165, 1.54) is 4.57 Å². The Morgan fingerprint density at radius 2 is 1.61 bits per heavy atom. The van der Waals surface area contributed by atoms with Crippen molar-refractivity contribution in [1.29, 1.82) is 0 Å². The lowest BCUT2D eigenvalue weighted by Gasteiger charge is -2.32. The summed E-state index contributed by atoms with van der Waals surface area (Å²) in [5, 5.41) is 2.67. The first-order valence-electron chi connectivity index (χ1n) is 9.40. The van der Waals surface area contributed by atoms with Crippen LogP contribution in [0.15, 0.2) is 41.2 Å². The maximum Gasteiger partial charge on any atom is 0.274 e. The van der Waals surface area contributed by atoms with Crippen LogP contribution in [0.2, 0.25) is 0 Å². The van der Waals surface area contributed by atoms with Crippen LogP contribution in [0.25, 0.3) is 0 Å². The van der Waals surface area contributed by atoms with Crippen LogP contribution in [0, 0.1) is 13.8 Å². The molecular weight excluding hydrogens is 356 g/mol. The number of likely N-dealkylation sites (N-methyl/N-ethyl adjacent to an activating group) is 1. The maximum absolute atomic E-state index is 12.9. The summed E-state index contributed by atoms with van der Waals surface area (Å²) < 4.78 is 1.42. The molecule has 1 N–H and O–H groups in total. The first-order chi connectivity index (χ1) is 13.3. The third kappa shape index (κ3) is 4.48. The Morgan fingerprint density at radius 3 is 2.25 bits per heavy atom. The van der Waals surface area contributed by atoms with Crippen molar-refractivity contribution in [3.63, 3.8) is 0 Å². The fourth-order valence-electron chi connectivity index (χ4n) is 3.15. The molecule has 1 aromatic carbocycles. The highest BCUT2D eigenvalue weighted by atomic mass is 16.2. The van der Waals surface area contributed by atoms with Crippen LogP contribution in [0.1, 0.15) is 21.6 Å². The van der Waals surface area contributed by atoms with Crippen LogP contribution in [0.4, 0.5) is 5.69 Å². The smallest absolute Gasteiger partial charge is 0.274 e. The van der Waals surface area contributed by atoms with E-state index in [1.54, 1.807) is 36.1 Å². The Hall–Kier alpha value is -2.93. The largest absolute Gasteiger partial charge is 0.339 e. The maximum atomic E-state index is 12.9. The molecule has 1 fully saturated rings. The van der Waals surface area contributed by atoms with E-state index in [4.69, 9.17) is 0 Å². The van der Waals surface area contributed by atoms with Crippen molar-refractivity contribution < 1.29 is 9.59 Å². The summed E-state index contributed by atoms with van der Waals surface area (Å²) in [6, 6.07) is 10.4. The lowest BCUT2D eigenvalue weighted by Crippen LogP contribution is -2.48. The molecule has 1 aromatic heterocycles. The summed E-state index contributed by atoms with van der Waals surface area (Å²) in [4.78, 5) is 41.9. The molecule has 1 aliphatic rings. The van der Waals surface area contributed by atoms with Gasteiger partial charge in [0.1, 0.15) is 12.2 Å². The van der Waals surface area contributed by atoms with Crippen LogP contribution in [0.5, 0.6) is 0 Å². The zero-order chi connectivity index (χ0) is 20.3. The predicted octanol–water partition coefficient (Wildman–Crippen LogP) is 1.49. The molecule has 2 amide bonds. The number of nitrogens with zero attached hydrogens (tertiary/aromatic N) is 3. The molecule has 0 atom stereocenters. The molecule has 1 aliphatic heterocycles. The Kier molecular flexibility index (Phi) is 5.94. The van der Waals surface area contributed by atoms with E-state index in [0.717, 1.165) is 18.7 Å². The van der Waals surface area contributed by atoms with E-state index in [2.05, 4.69) is 10.2 Å². The minimum Gasteiger partial charge on any atom is -0.339 e. The summed E-state index contributed by atoms with van der Waals surface area (Å²) in [6.45, 7) is 6.67. The number of pyridine rings is 1. The normalized spacial score (nSPS) is 14.8. The number of carbonyl (C=O) groups is 2. The third-order valence-corrected chi connectivity index (χ3v) is 5.10. The van der Waals surface area contributed by atoms with Gasteiger partial charge in [-0.1, -0.05) is 17.7 Å². The van der Waals surface area contributed by atoms with Gasteiger partial charge in [-0.15, -0.1) is 0 Å². The minimum atomic E-state index is -0.372. The number of nitrogens with one attached hydrogen (secondary N) is 1. The Labute approximate surface area is 164 Å². The third-order valence-electron chi connectivity index (χ3n) is 5.10. The van der Waals surface area contributed by atoms with E-state index < -0.39 is 0 Å². The molecule has 28 heavy (non-hydrogen) atoms. The molecule has 7 heteroatoms. The summed E-state index contributed by atoms with van der Waals surface area (Å²) in [5.74, 6) is -0.432. The molecule has 3 rings (SSSR count). The van der Waals surface area contributed by atoms with Crippen molar-refractivity contribution in [1.82, 2.24) is 14.4 Å². The van der Waals surface area contributed by atoms with Gasteiger partial charge in [0, 0.05) is 37.4 Å². The molecule has 0 aliphatic carbocycles. The van der Waals surface area contributed by atoms with Gasteiger partial charge < -0.3 is 19.7 Å². The highest BCUT2D eigenvalue weighted by Crippen LogP contribution is 2.09. The highest BCUT2D eigenvalue weighted by Gasteiger charge is 2.21. The molecule has 0 spiro atoms. The van der Waals surface area contributed by atoms with E-state index in [-0.39, 0.29) is 29.6 Å². The van der Waals surface area contributed by atoms with Crippen molar-refractivity contribution in [2.75, 3.05) is 38.5 Å². The van der Waals surface area contributed by atoms with E-state index in [9.17, 15) is 14.4 Å². The quantitative estimate of drug-likeness (QED) is 0.870. The topological polar surface area (TPSA) is 74.7 Å². The number of rotatable bonds is 4. The van der Waals surface area contributed by atoms with Gasteiger partial charge in [-0.05, 0) is 45.2 Å². The Bertz CT molecular complexity index is 926. The molecule has 0 bridgehead atoms. The lowest BCUT2D eigenvalue weighted by molar-refractivity contribution is -0.133. The second-order valence-corrected chi connectivity index (χ2v) is 7.28. The van der Waals surface area contributed by atoms with Gasteiger partial charge in [0.05, 0.1) is 0 Å². The molecule has 0 saturated carbocycles. The number of aromatic nitrogens is 1. The summed E-state index contributed by atoms with van der Waals surface area (Å²) in [7, 11) is 2.02. The molecule has 148 valence electrons. The molecule has 7 nitrogen and oxygen atoms in total. The minimum absolute atomic E-state index is 0.0252. The molecule has 2 aromatic rings. The zero-order valence-electron chi connectivity index (χ0n) is 16.6. The van der Waals surface area contributed by atoms with Gasteiger partial charge in [-0.3, -0.25) is 14.4 Å². The zero-order valence-corrected chi connectivity index (χ0v) is 16.6. The number of aryl methyl sites for hydroxylation is 2. The van der Waals surface area contributed by atoms with Crippen LogP contribution in [0.3, 0.4) is 0 Å². The average Bonchev–Trinajstić information content (AvgIpc) is 2.68. The standard InChI is InChI=1S/C21H26N4O3/c1-15-4-7-17(8-5-15)20(27)22-18-9-6-16(2)25(21(18)28)14-19(26)24-12-10-23(3)11-13-24/h4-9H,10-14H2,1-3H3,(H,22,27). The van der Waals surface area contributed by atoms with Crippen LogP contribution in [-0.4, -0.2) is 59.4 Å². The summed E-state index contributed by atoms with van der Waals surface area (Å²) >= 11 is 0. The fourth-order valence-corrected chi connectivity index (χ4v) is 3.15. The highest BCUT2D eigenvalue weighted by molar-refractivity contribution is 6.04. The van der Waals surface area contributed by atoms with Gasteiger partial charge in [-0.25, -0.2) is 0 Å². The molecule has 0 unspecified atom stereocenters. The van der Waals surface area contributed by atoms with Crippen molar-refractivity contribution >= 4 is 17.5 Å². The van der Waals surface area contributed by atoms with Crippen LogP contribution in [-0.2, 0) is 11.3 Å². The van der Waals surface area contributed by atoms with Crippen LogP contribution >= 0.6 is 0 Å². The number of piperazine rings is 1. The van der Waals surface area contributed by atoms with Gasteiger partial charge >= 0.3 is 0 Å². The first kappa shape index (κ1) is 19.8. The van der Waals surface area contributed by atoms with E-state index in [1.807, 2.05) is 26.1 Å². The number of carbonyl (C=O) groups excluding carboxylic acids is 2. The summed E-state index contributed by atoms with van der Waals surface area (Å²) in [5.41, 5.74) is 2.01. The lowest BCUT2D eigenvalue weighted by atomic mass is 10.1. The van der Waals surface area contributed by atoms with Gasteiger partial charge in [-0.2, -0.15) is 0 Å². The first-order valence-corrected chi connectivity index (χ1v) is 9.40. The number of anilines is 1. The van der Waals surface area contributed by atoms with Crippen molar-refractivity contribution in [2.45, 2.75) is 20.4 Å². The Balaban J connectivity index is 1.76. The molecule has 0 radical (unpaired) electrons. The van der Waals surface area contributed by atoms with Crippen molar-refractivity contribution in [2.24, 2.45) is 0 Å². The fraction of sp³-hybridized carbons (Fsp3) is 0.381. The second kappa shape index (κ2) is 8.39. The average molecular weight is 382 g/mol. The summed E-state index contributed by atoms with van der Waals surface area (Å²) in [6.07, 6.45) is 0. The van der Waals surface area contributed by atoms with Crippen molar-refractivity contribution in [3.05, 3.63) is 63.6 Å². The van der Waals surface area contributed by atoms with Gasteiger partial charge in [0.2, 0.25) is 5.91 Å². The molecule has 1 saturated heterocycles. The molecular formula is C21H26N4O3. The van der Waals surface area contributed by atoms with E-state index in [0.29, 0.717) is 24.3 Å². The van der Waals surface area contributed by atoms with Crippen LogP contribution < -0.4 is 10.9 Å². The number of hydrogen-bond donors (Lipinski definition) is 1. The van der Waals surface area contributed by atoms with E-state index >= 15 is 0 Å². The number of hydrogen-bond acceptors (Lipinski definition) is 4. The number of benzene rings is 1. The predicted molar refractivity (Wildman–Crippen MR) is 109 cm³/mol.